The van der Waals surface area contributed by atoms with E-state index in [-0.39, 0.29) is 0 Å². The average Bonchev–Trinajstić information content (AvgIpc) is 3.14. The lowest BCUT2D eigenvalue weighted by molar-refractivity contribution is 0.130. The molecule has 1 fully saturated rings. The first-order valence-electron chi connectivity index (χ1n) is 7.98. The molecule has 0 bridgehead atoms. The fraction of sp³-hybridized carbons (Fsp3) is 0.412. The van der Waals surface area contributed by atoms with E-state index in [4.69, 9.17) is 9.72 Å². The van der Waals surface area contributed by atoms with Crippen molar-refractivity contribution in [2.24, 2.45) is 0 Å². The second kappa shape index (κ2) is 6.14. The zero-order chi connectivity index (χ0) is 15.6. The maximum atomic E-state index is 5.14. The normalized spacial score (nSPS) is 16.0. The molecule has 0 atom stereocenters. The van der Waals surface area contributed by atoms with Crippen molar-refractivity contribution in [1.29, 1.82) is 0 Å². The van der Waals surface area contributed by atoms with E-state index in [9.17, 15) is 0 Å². The zero-order valence-electron chi connectivity index (χ0n) is 13.3. The SMILES string of the molecule is COCCn1cncc1CN1CC(c2nc3ccccc3[nH]2)C1. The molecule has 0 radical (unpaired) electrons. The van der Waals surface area contributed by atoms with E-state index in [0.29, 0.717) is 12.5 Å². The molecule has 1 aliphatic rings. The van der Waals surface area contributed by atoms with E-state index >= 15 is 0 Å². The lowest BCUT2D eigenvalue weighted by Crippen LogP contribution is -2.45. The topological polar surface area (TPSA) is 59.0 Å². The van der Waals surface area contributed by atoms with Gasteiger partial charge in [0, 0.05) is 45.4 Å². The number of aromatic nitrogens is 4. The highest BCUT2D eigenvalue weighted by molar-refractivity contribution is 5.74. The van der Waals surface area contributed by atoms with Crippen LogP contribution >= 0.6 is 0 Å². The summed E-state index contributed by atoms with van der Waals surface area (Å²) < 4.78 is 7.31. The van der Waals surface area contributed by atoms with Crippen LogP contribution in [0.1, 0.15) is 17.4 Å². The zero-order valence-corrected chi connectivity index (χ0v) is 13.3. The van der Waals surface area contributed by atoms with Crippen LogP contribution in [-0.2, 0) is 17.8 Å². The minimum atomic E-state index is 0.498. The average molecular weight is 311 g/mol. The Morgan fingerprint density at radius 3 is 3.00 bits per heavy atom. The van der Waals surface area contributed by atoms with Crippen LogP contribution in [0.15, 0.2) is 36.8 Å². The molecule has 0 amide bonds. The Bertz CT molecular complexity index is 754. The minimum absolute atomic E-state index is 0.498. The van der Waals surface area contributed by atoms with Crippen molar-refractivity contribution in [1.82, 2.24) is 24.4 Å². The van der Waals surface area contributed by atoms with Crippen LogP contribution in [0.3, 0.4) is 0 Å². The van der Waals surface area contributed by atoms with Gasteiger partial charge >= 0.3 is 0 Å². The molecule has 0 unspecified atom stereocenters. The predicted molar refractivity (Wildman–Crippen MR) is 88.2 cm³/mol. The molecule has 1 aliphatic heterocycles. The highest BCUT2D eigenvalue weighted by Gasteiger charge is 2.30. The molecule has 6 nitrogen and oxygen atoms in total. The van der Waals surface area contributed by atoms with Crippen molar-refractivity contribution < 1.29 is 4.74 Å². The maximum Gasteiger partial charge on any atom is 0.112 e. The number of rotatable bonds is 6. The van der Waals surface area contributed by atoms with Gasteiger partial charge in [-0.05, 0) is 12.1 Å². The molecule has 1 saturated heterocycles. The summed E-state index contributed by atoms with van der Waals surface area (Å²) in [6.07, 6.45) is 3.83. The number of aromatic amines is 1. The molecule has 6 heteroatoms. The highest BCUT2D eigenvalue weighted by atomic mass is 16.5. The summed E-state index contributed by atoms with van der Waals surface area (Å²) >= 11 is 0. The number of nitrogens with zero attached hydrogens (tertiary/aromatic N) is 4. The Kier molecular flexibility index (Phi) is 3.85. The first kappa shape index (κ1) is 14.4. The van der Waals surface area contributed by atoms with Crippen molar-refractivity contribution in [2.45, 2.75) is 19.0 Å². The van der Waals surface area contributed by atoms with Gasteiger partial charge in [0.15, 0.2) is 0 Å². The van der Waals surface area contributed by atoms with Gasteiger partial charge in [-0.2, -0.15) is 0 Å². The summed E-state index contributed by atoms with van der Waals surface area (Å²) in [5.41, 5.74) is 3.42. The molecule has 0 aliphatic carbocycles. The van der Waals surface area contributed by atoms with Gasteiger partial charge in [0.05, 0.1) is 29.7 Å². The minimum Gasteiger partial charge on any atom is -0.383 e. The lowest BCUT2D eigenvalue weighted by atomic mass is 9.99. The maximum absolute atomic E-state index is 5.14. The second-order valence-corrected chi connectivity index (χ2v) is 6.10. The van der Waals surface area contributed by atoms with Crippen LogP contribution in [-0.4, -0.2) is 51.2 Å². The Balaban J connectivity index is 1.37. The molecule has 3 heterocycles. The molecule has 4 rings (SSSR count). The predicted octanol–water partition coefficient (Wildman–Crippen LogP) is 2.01. The van der Waals surface area contributed by atoms with Crippen molar-refractivity contribution in [3.8, 4) is 0 Å². The largest absolute Gasteiger partial charge is 0.383 e. The number of methoxy groups -OCH3 is 1. The van der Waals surface area contributed by atoms with Crippen LogP contribution in [0.25, 0.3) is 11.0 Å². The number of hydrogen-bond donors (Lipinski definition) is 1. The van der Waals surface area contributed by atoms with Crippen LogP contribution < -0.4 is 0 Å². The monoisotopic (exact) mass is 311 g/mol. The number of hydrogen-bond acceptors (Lipinski definition) is 4. The van der Waals surface area contributed by atoms with Gasteiger partial charge in [-0.1, -0.05) is 12.1 Å². The summed E-state index contributed by atoms with van der Waals surface area (Å²) in [4.78, 5) is 14.8. The molecule has 1 aromatic carbocycles. The number of ether oxygens (including phenoxy) is 1. The van der Waals surface area contributed by atoms with Crippen LogP contribution in [0.4, 0.5) is 0 Å². The molecule has 1 N–H and O–H groups in total. The number of H-pyrrole nitrogens is 1. The molecular formula is C17H21N5O. The smallest absolute Gasteiger partial charge is 0.112 e. The molecule has 0 saturated carbocycles. The summed E-state index contributed by atoms with van der Waals surface area (Å²) in [6, 6.07) is 8.20. The number of nitrogens with one attached hydrogen (secondary N) is 1. The van der Waals surface area contributed by atoms with E-state index in [1.165, 1.54) is 5.69 Å². The molecule has 3 aromatic rings. The summed E-state index contributed by atoms with van der Waals surface area (Å²) in [6.45, 7) is 4.57. The van der Waals surface area contributed by atoms with E-state index < -0.39 is 0 Å². The first-order valence-corrected chi connectivity index (χ1v) is 7.98. The Hall–Kier alpha value is -2.18. The second-order valence-electron chi connectivity index (χ2n) is 6.10. The fourth-order valence-corrected chi connectivity index (χ4v) is 3.14. The standard InChI is InChI=1S/C17H21N5O/c1-23-7-6-22-12-18-8-14(22)11-21-9-13(10-21)17-19-15-4-2-3-5-16(15)20-17/h2-5,8,12-13H,6-7,9-11H2,1H3,(H,19,20). The van der Waals surface area contributed by atoms with Gasteiger partial charge in [-0.15, -0.1) is 0 Å². The van der Waals surface area contributed by atoms with Crippen molar-refractivity contribution in [3.63, 3.8) is 0 Å². The number of para-hydroxylation sites is 2. The van der Waals surface area contributed by atoms with Crippen molar-refractivity contribution >= 4 is 11.0 Å². The quantitative estimate of drug-likeness (QED) is 0.756. The fourth-order valence-electron chi connectivity index (χ4n) is 3.14. The molecule has 2 aromatic heterocycles. The summed E-state index contributed by atoms with van der Waals surface area (Å²) in [7, 11) is 1.73. The van der Waals surface area contributed by atoms with Crippen LogP contribution in [0.2, 0.25) is 0 Å². The van der Waals surface area contributed by atoms with Crippen molar-refractivity contribution in [3.05, 3.63) is 48.3 Å². The number of benzene rings is 1. The Morgan fingerprint density at radius 2 is 2.17 bits per heavy atom. The highest BCUT2D eigenvalue weighted by Crippen LogP contribution is 2.27. The van der Waals surface area contributed by atoms with Gasteiger partial charge in [-0.3, -0.25) is 4.90 Å². The van der Waals surface area contributed by atoms with Crippen LogP contribution in [0.5, 0.6) is 0 Å². The number of likely N-dealkylation sites (tertiary alicyclic amines) is 1. The van der Waals surface area contributed by atoms with E-state index in [1.54, 1.807) is 7.11 Å². The molecule has 23 heavy (non-hydrogen) atoms. The third-order valence-electron chi connectivity index (χ3n) is 4.47. The van der Waals surface area contributed by atoms with E-state index in [1.807, 2.05) is 24.7 Å². The van der Waals surface area contributed by atoms with E-state index in [2.05, 4.69) is 31.6 Å². The van der Waals surface area contributed by atoms with Gasteiger partial charge in [0.2, 0.25) is 0 Å². The van der Waals surface area contributed by atoms with Crippen LogP contribution in [0, 0.1) is 0 Å². The third-order valence-corrected chi connectivity index (χ3v) is 4.47. The summed E-state index contributed by atoms with van der Waals surface area (Å²) in [5, 5.41) is 0. The molecule has 120 valence electrons. The number of imidazole rings is 2. The summed E-state index contributed by atoms with van der Waals surface area (Å²) in [5.74, 6) is 1.60. The lowest BCUT2D eigenvalue weighted by Gasteiger charge is -2.38. The molecular weight excluding hydrogens is 290 g/mol. The Morgan fingerprint density at radius 1 is 1.30 bits per heavy atom. The van der Waals surface area contributed by atoms with Gasteiger partial charge in [0.1, 0.15) is 5.82 Å². The first-order chi connectivity index (χ1) is 11.3. The third kappa shape index (κ3) is 2.87. The van der Waals surface area contributed by atoms with Gasteiger partial charge in [-0.25, -0.2) is 9.97 Å². The number of fused-ring (bicyclic) bond motifs is 1. The van der Waals surface area contributed by atoms with Gasteiger partial charge in [0.25, 0.3) is 0 Å². The molecule has 0 spiro atoms. The Labute approximate surface area is 135 Å². The van der Waals surface area contributed by atoms with Gasteiger partial charge < -0.3 is 14.3 Å². The van der Waals surface area contributed by atoms with Crippen molar-refractivity contribution in [2.75, 3.05) is 26.8 Å². The van der Waals surface area contributed by atoms with E-state index in [0.717, 1.165) is 43.0 Å².